The van der Waals surface area contributed by atoms with Gasteiger partial charge in [0.15, 0.2) is 5.78 Å². The number of ether oxygens (including phenoxy) is 2. The molecule has 0 aromatic heterocycles. The predicted molar refractivity (Wildman–Crippen MR) is 70.1 cm³/mol. The number of hydrogen-bond donors (Lipinski definition) is 0. The molecule has 2 rings (SSSR count). The van der Waals surface area contributed by atoms with Crippen molar-refractivity contribution >= 4 is 5.78 Å². The van der Waals surface area contributed by atoms with E-state index in [-0.39, 0.29) is 5.78 Å². The second-order valence-corrected chi connectivity index (χ2v) is 4.57. The fourth-order valence-corrected chi connectivity index (χ4v) is 1.72. The maximum atomic E-state index is 11.9. The van der Waals surface area contributed by atoms with E-state index in [1.165, 1.54) is 0 Å². The maximum Gasteiger partial charge on any atom is 0.162 e. The highest BCUT2D eigenvalue weighted by atomic mass is 16.5. The van der Waals surface area contributed by atoms with E-state index >= 15 is 0 Å². The Morgan fingerprint density at radius 3 is 2.61 bits per heavy atom. The smallest absolute Gasteiger partial charge is 0.162 e. The fraction of sp³-hybridized carbons (Fsp3) is 0.533. The molecule has 98 valence electrons. The Hall–Kier alpha value is -1.35. The highest BCUT2D eigenvalue weighted by Gasteiger charge is 2.23. The third-order valence-electron chi connectivity index (χ3n) is 2.90. The first-order valence-electron chi connectivity index (χ1n) is 6.67. The lowest BCUT2D eigenvalue weighted by Crippen LogP contribution is -2.02. The number of Topliss-reactive ketones (excluding diaryl/α,β-unsaturated/α-hetero) is 1. The second-order valence-electron chi connectivity index (χ2n) is 4.57. The van der Waals surface area contributed by atoms with E-state index in [9.17, 15) is 4.79 Å². The van der Waals surface area contributed by atoms with Gasteiger partial charge in [-0.3, -0.25) is 4.79 Å². The van der Waals surface area contributed by atoms with Gasteiger partial charge < -0.3 is 9.47 Å². The topological polar surface area (TPSA) is 35.5 Å². The molecule has 0 aliphatic heterocycles. The summed E-state index contributed by atoms with van der Waals surface area (Å²) in [6.45, 7) is 3.33. The minimum absolute atomic E-state index is 0.174. The molecule has 1 saturated carbocycles. The molecule has 0 bridgehead atoms. The monoisotopic (exact) mass is 248 g/mol. The van der Waals surface area contributed by atoms with Crippen LogP contribution in [0, 0.1) is 0 Å². The van der Waals surface area contributed by atoms with Gasteiger partial charge in [-0.2, -0.15) is 0 Å². The molecule has 0 heterocycles. The summed E-state index contributed by atoms with van der Waals surface area (Å²) in [5.74, 6) is 1.04. The van der Waals surface area contributed by atoms with E-state index < -0.39 is 0 Å². The van der Waals surface area contributed by atoms with Crippen molar-refractivity contribution < 1.29 is 14.3 Å². The van der Waals surface area contributed by atoms with Gasteiger partial charge in [-0.1, -0.05) is 0 Å². The number of ketones is 1. The van der Waals surface area contributed by atoms with E-state index in [4.69, 9.17) is 9.47 Å². The first-order valence-corrected chi connectivity index (χ1v) is 6.67. The summed E-state index contributed by atoms with van der Waals surface area (Å²) in [5, 5.41) is 0. The normalized spacial score (nSPS) is 14.5. The number of benzene rings is 1. The summed E-state index contributed by atoms with van der Waals surface area (Å²) in [4.78, 5) is 11.9. The molecule has 0 atom stereocenters. The Labute approximate surface area is 108 Å². The average molecular weight is 248 g/mol. The summed E-state index contributed by atoms with van der Waals surface area (Å²) >= 11 is 0. The van der Waals surface area contributed by atoms with E-state index in [0.29, 0.717) is 25.7 Å². The molecule has 1 aromatic carbocycles. The Morgan fingerprint density at radius 1 is 1.28 bits per heavy atom. The molecule has 1 fully saturated rings. The molecule has 0 radical (unpaired) electrons. The Balaban J connectivity index is 1.78. The summed E-state index contributed by atoms with van der Waals surface area (Å²) in [7, 11) is 0. The van der Waals surface area contributed by atoms with Gasteiger partial charge in [0, 0.05) is 25.2 Å². The highest BCUT2D eigenvalue weighted by molar-refractivity contribution is 5.96. The quantitative estimate of drug-likeness (QED) is 0.523. The van der Waals surface area contributed by atoms with Crippen LogP contribution >= 0.6 is 0 Å². The Bertz CT molecular complexity index is 379. The molecule has 0 unspecified atom stereocenters. The van der Waals surface area contributed by atoms with Crippen molar-refractivity contribution in [3.05, 3.63) is 29.8 Å². The van der Waals surface area contributed by atoms with E-state index in [0.717, 1.165) is 30.6 Å². The van der Waals surface area contributed by atoms with Crippen LogP contribution in [0.2, 0.25) is 0 Å². The molecule has 0 spiro atoms. The standard InChI is InChI=1S/C15H20O3/c1-2-17-11-3-4-15(16)12-5-7-13(8-6-12)18-14-9-10-14/h5-8,14H,2-4,9-11H2,1H3. The van der Waals surface area contributed by atoms with Crippen LogP contribution in [0.4, 0.5) is 0 Å². The molecule has 0 N–H and O–H groups in total. The average Bonchev–Trinajstić information content (AvgIpc) is 3.19. The minimum Gasteiger partial charge on any atom is -0.490 e. The van der Waals surface area contributed by atoms with Crippen LogP contribution in [0.5, 0.6) is 5.75 Å². The van der Waals surface area contributed by atoms with E-state index in [1.807, 2.05) is 31.2 Å². The number of carbonyl (C=O) groups is 1. The first kappa shape index (κ1) is 13.1. The molecule has 3 nitrogen and oxygen atoms in total. The maximum absolute atomic E-state index is 11.9. The zero-order valence-corrected chi connectivity index (χ0v) is 10.9. The van der Waals surface area contributed by atoms with Crippen molar-refractivity contribution in [1.29, 1.82) is 0 Å². The molecule has 1 aromatic rings. The van der Waals surface area contributed by atoms with Crippen molar-refractivity contribution in [3.63, 3.8) is 0 Å². The van der Waals surface area contributed by atoms with Crippen LogP contribution < -0.4 is 4.74 Å². The Morgan fingerprint density at radius 2 is 2.00 bits per heavy atom. The molecule has 0 amide bonds. The van der Waals surface area contributed by atoms with Crippen molar-refractivity contribution in [1.82, 2.24) is 0 Å². The molecule has 3 heteroatoms. The third-order valence-corrected chi connectivity index (χ3v) is 2.90. The summed E-state index contributed by atoms with van der Waals surface area (Å²) in [6.07, 6.45) is 4.03. The van der Waals surface area contributed by atoms with Crippen molar-refractivity contribution in [2.24, 2.45) is 0 Å². The van der Waals surface area contributed by atoms with Gasteiger partial charge in [-0.25, -0.2) is 0 Å². The van der Waals surface area contributed by atoms with Crippen LogP contribution in [0.15, 0.2) is 24.3 Å². The third kappa shape index (κ3) is 4.15. The van der Waals surface area contributed by atoms with Gasteiger partial charge in [0.25, 0.3) is 0 Å². The summed E-state index contributed by atoms with van der Waals surface area (Å²) < 4.78 is 10.9. The Kier molecular flexibility index (Phi) is 4.76. The molecular weight excluding hydrogens is 228 g/mol. The number of carbonyl (C=O) groups excluding carboxylic acids is 1. The van der Waals surface area contributed by atoms with E-state index in [1.54, 1.807) is 0 Å². The molecule has 1 aliphatic rings. The highest BCUT2D eigenvalue weighted by Crippen LogP contribution is 2.26. The number of rotatable bonds is 8. The molecule has 1 aliphatic carbocycles. The van der Waals surface area contributed by atoms with Crippen molar-refractivity contribution in [2.75, 3.05) is 13.2 Å². The predicted octanol–water partition coefficient (Wildman–Crippen LogP) is 3.23. The zero-order valence-electron chi connectivity index (χ0n) is 10.9. The lowest BCUT2D eigenvalue weighted by Gasteiger charge is -2.05. The van der Waals surface area contributed by atoms with Crippen LogP contribution in [0.1, 0.15) is 43.0 Å². The molecule has 18 heavy (non-hydrogen) atoms. The zero-order chi connectivity index (χ0) is 12.8. The first-order chi connectivity index (χ1) is 8.79. The fourth-order valence-electron chi connectivity index (χ4n) is 1.72. The lowest BCUT2D eigenvalue weighted by atomic mass is 10.1. The van der Waals surface area contributed by atoms with Crippen LogP contribution in [-0.4, -0.2) is 25.1 Å². The van der Waals surface area contributed by atoms with E-state index in [2.05, 4.69) is 0 Å². The van der Waals surface area contributed by atoms with Gasteiger partial charge in [0.2, 0.25) is 0 Å². The van der Waals surface area contributed by atoms with Crippen LogP contribution in [0.25, 0.3) is 0 Å². The SMILES string of the molecule is CCOCCCC(=O)c1ccc(OC2CC2)cc1. The molecule has 0 saturated heterocycles. The number of hydrogen-bond acceptors (Lipinski definition) is 3. The van der Waals surface area contributed by atoms with Crippen LogP contribution in [0.3, 0.4) is 0 Å². The van der Waals surface area contributed by atoms with Crippen molar-refractivity contribution in [3.8, 4) is 5.75 Å². The lowest BCUT2D eigenvalue weighted by molar-refractivity contribution is 0.0947. The summed E-state index contributed by atoms with van der Waals surface area (Å²) in [5.41, 5.74) is 0.759. The largest absolute Gasteiger partial charge is 0.490 e. The van der Waals surface area contributed by atoms with Gasteiger partial charge >= 0.3 is 0 Å². The van der Waals surface area contributed by atoms with Crippen molar-refractivity contribution in [2.45, 2.75) is 38.7 Å². The molecular formula is C15H20O3. The van der Waals surface area contributed by atoms with Crippen LogP contribution in [-0.2, 0) is 4.74 Å². The van der Waals surface area contributed by atoms with Gasteiger partial charge in [-0.15, -0.1) is 0 Å². The minimum atomic E-state index is 0.174. The second kappa shape index (κ2) is 6.55. The van der Waals surface area contributed by atoms with Gasteiger partial charge in [0.05, 0.1) is 6.10 Å². The van der Waals surface area contributed by atoms with Gasteiger partial charge in [-0.05, 0) is 50.5 Å². The summed E-state index contributed by atoms with van der Waals surface area (Å²) in [6, 6.07) is 7.46. The van der Waals surface area contributed by atoms with Gasteiger partial charge in [0.1, 0.15) is 5.75 Å².